The van der Waals surface area contributed by atoms with E-state index in [0.29, 0.717) is 16.3 Å². The highest BCUT2D eigenvalue weighted by molar-refractivity contribution is 7.99. The molecule has 30 heavy (non-hydrogen) atoms. The van der Waals surface area contributed by atoms with Crippen LogP contribution >= 0.6 is 23.4 Å². The van der Waals surface area contributed by atoms with Gasteiger partial charge in [0.05, 0.1) is 11.4 Å². The van der Waals surface area contributed by atoms with Gasteiger partial charge in [-0.3, -0.25) is 10.2 Å². The Kier molecular flexibility index (Phi) is 4.82. The fourth-order valence-electron chi connectivity index (χ4n) is 3.18. The monoisotopic (exact) mass is 431 g/mol. The third-order valence-corrected chi connectivity index (χ3v) is 6.06. The molecule has 0 radical (unpaired) electrons. The zero-order valence-corrected chi connectivity index (χ0v) is 17.1. The van der Waals surface area contributed by atoms with Crippen LogP contribution in [0.5, 0.6) is 0 Å². The van der Waals surface area contributed by atoms with Gasteiger partial charge in [0, 0.05) is 31.5 Å². The summed E-state index contributed by atoms with van der Waals surface area (Å²) in [7, 11) is 0. The molecular formula is C22H14ClN5OS. The van der Waals surface area contributed by atoms with Crippen molar-refractivity contribution in [1.82, 2.24) is 14.9 Å². The summed E-state index contributed by atoms with van der Waals surface area (Å²) in [5.41, 5.74) is 6.52. The van der Waals surface area contributed by atoms with Gasteiger partial charge in [-0.1, -0.05) is 59.8 Å². The average molecular weight is 432 g/mol. The second kappa shape index (κ2) is 7.78. The molecule has 8 heteroatoms. The van der Waals surface area contributed by atoms with Gasteiger partial charge < -0.3 is 0 Å². The number of halogens is 1. The smallest absolute Gasteiger partial charge is 0.267 e. The number of hydrogen-bond donors (Lipinski definition) is 1. The number of rotatable bonds is 3. The van der Waals surface area contributed by atoms with Gasteiger partial charge in [0.2, 0.25) is 0 Å². The molecule has 1 aliphatic rings. The molecular weight excluding hydrogens is 418 g/mol. The first-order valence-electron chi connectivity index (χ1n) is 9.10. The van der Waals surface area contributed by atoms with Crippen LogP contribution in [0.2, 0.25) is 5.02 Å². The van der Waals surface area contributed by atoms with Crippen LogP contribution in [-0.2, 0) is 0 Å². The summed E-state index contributed by atoms with van der Waals surface area (Å²) in [4.78, 5) is 19.6. The molecule has 0 saturated heterocycles. The molecule has 1 N–H and O–H groups in total. The fourth-order valence-corrected chi connectivity index (χ4v) is 4.41. The van der Waals surface area contributed by atoms with Gasteiger partial charge in [0.25, 0.3) is 5.91 Å². The Balaban J connectivity index is 1.63. The van der Waals surface area contributed by atoms with Gasteiger partial charge in [-0.15, -0.1) is 10.2 Å². The van der Waals surface area contributed by atoms with E-state index in [-0.39, 0.29) is 5.91 Å². The number of aliphatic imine (C=N–C) groups is 1. The summed E-state index contributed by atoms with van der Waals surface area (Å²) in [6.45, 7) is 0. The number of amides is 1. The molecule has 0 unspecified atom stereocenters. The van der Waals surface area contributed by atoms with Gasteiger partial charge in [-0.05, 0) is 30.3 Å². The summed E-state index contributed by atoms with van der Waals surface area (Å²) in [5.74, 6) is -0.279. The minimum Gasteiger partial charge on any atom is -0.267 e. The van der Waals surface area contributed by atoms with Gasteiger partial charge >= 0.3 is 0 Å². The molecule has 5 rings (SSSR count). The second-order valence-corrected chi connectivity index (χ2v) is 8.02. The minimum absolute atomic E-state index is 0.279. The molecule has 6 nitrogen and oxygen atoms in total. The van der Waals surface area contributed by atoms with E-state index < -0.39 is 0 Å². The molecule has 3 aromatic carbocycles. The minimum atomic E-state index is -0.279. The van der Waals surface area contributed by atoms with E-state index >= 15 is 0 Å². The number of hydrogen-bond acceptors (Lipinski definition) is 5. The molecule has 1 aliphatic heterocycles. The zero-order chi connectivity index (χ0) is 20.5. The molecule has 0 atom stereocenters. The Labute approximate surface area is 181 Å². The largest absolute Gasteiger partial charge is 0.270 e. The van der Waals surface area contributed by atoms with Crippen LogP contribution in [0.4, 0.5) is 5.69 Å². The molecule has 0 spiro atoms. The van der Waals surface area contributed by atoms with Crippen LogP contribution in [0.3, 0.4) is 0 Å². The van der Waals surface area contributed by atoms with E-state index in [1.54, 1.807) is 23.9 Å². The molecule has 146 valence electrons. The van der Waals surface area contributed by atoms with Crippen molar-refractivity contribution in [3.63, 3.8) is 0 Å². The lowest BCUT2D eigenvalue weighted by Crippen LogP contribution is -2.21. The molecule has 1 amide bonds. The number of benzene rings is 3. The maximum absolute atomic E-state index is 12.6. The lowest BCUT2D eigenvalue weighted by Gasteiger charge is -2.10. The number of nitrogens with zero attached hydrogens (tertiary/aromatic N) is 4. The zero-order valence-electron chi connectivity index (χ0n) is 15.5. The van der Waals surface area contributed by atoms with Gasteiger partial charge in [0.1, 0.15) is 12.7 Å². The summed E-state index contributed by atoms with van der Waals surface area (Å²) in [6.07, 6.45) is 2.84. The highest BCUT2D eigenvalue weighted by Gasteiger charge is 2.21. The van der Waals surface area contributed by atoms with E-state index in [4.69, 9.17) is 16.6 Å². The van der Waals surface area contributed by atoms with E-state index in [2.05, 4.69) is 21.7 Å². The highest BCUT2D eigenvalue weighted by Crippen LogP contribution is 2.42. The summed E-state index contributed by atoms with van der Waals surface area (Å²) < 4.78 is 1.40. The SMILES string of the molecule is O=C(Nn1cnnc1)c1ccc2c(c1)N=C(c1ccccc1Cl)c1ccccc1S2. The van der Waals surface area contributed by atoms with E-state index in [1.165, 1.54) is 17.3 Å². The van der Waals surface area contributed by atoms with Crippen molar-refractivity contribution in [3.8, 4) is 0 Å². The van der Waals surface area contributed by atoms with E-state index in [9.17, 15) is 4.79 Å². The fraction of sp³-hybridized carbons (Fsp3) is 0. The summed E-state index contributed by atoms with van der Waals surface area (Å²) in [6, 6.07) is 21.2. The van der Waals surface area contributed by atoms with Crippen LogP contribution in [0.15, 0.2) is 94.2 Å². The topological polar surface area (TPSA) is 72.2 Å². The number of nitrogens with one attached hydrogen (secondary N) is 1. The van der Waals surface area contributed by atoms with Crippen molar-refractivity contribution in [2.45, 2.75) is 9.79 Å². The molecule has 0 bridgehead atoms. The summed E-state index contributed by atoms with van der Waals surface area (Å²) in [5, 5.41) is 8.00. The van der Waals surface area contributed by atoms with Crippen molar-refractivity contribution in [3.05, 3.63) is 101 Å². The summed E-state index contributed by atoms with van der Waals surface area (Å²) >= 11 is 8.12. The lowest BCUT2D eigenvalue weighted by molar-refractivity contribution is 0.101. The van der Waals surface area contributed by atoms with Crippen LogP contribution in [-0.4, -0.2) is 26.5 Å². The van der Waals surface area contributed by atoms with Crippen LogP contribution in [0.1, 0.15) is 21.5 Å². The molecule has 0 saturated carbocycles. The molecule has 4 aromatic rings. The highest BCUT2D eigenvalue weighted by atomic mass is 35.5. The standard InChI is InChI=1S/C22H14ClN5OS/c23-17-7-3-1-5-15(17)21-16-6-2-4-8-19(16)30-20-10-9-14(11-18(20)26-21)22(29)27-28-12-24-25-13-28/h1-13H,(H,27,29). The molecule has 2 heterocycles. The molecule has 1 aromatic heterocycles. The Morgan fingerprint density at radius 3 is 2.43 bits per heavy atom. The van der Waals surface area contributed by atoms with Crippen LogP contribution < -0.4 is 5.43 Å². The van der Waals surface area contributed by atoms with Crippen molar-refractivity contribution in [2.24, 2.45) is 4.99 Å². The Morgan fingerprint density at radius 2 is 1.63 bits per heavy atom. The number of carbonyl (C=O) groups is 1. The molecule has 0 aliphatic carbocycles. The van der Waals surface area contributed by atoms with Gasteiger partial charge in [0.15, 0.2) is 0 Å². The average Bonchev–Trinajstić information content (AvgIpc) is 3.21. The van der Waals surface area contributed by atoms with Crippen LogP contribution in [0.25, 0.3) is 0 Å². The Morgan fingerprint density at radius 1 is 0.900 bits per heavy atom. The first-order valence-corrected chi connectivity index (χ1v) is 10.3. The number of carbonyl (C=O) groups excluding carboxylic acids is 1. The predicted octanol–water partition coefficient (Wildman–Crippen LogP) is 4.95. The molecule has 0 fully saturated rings. The third kappa shape index (κ3) is 3.49. The third-order valence-electron chi connectivity index (χ3n) is 4.59. The number of aromatic nitrogens is 3. The Bertz CT molecular complexity index is 1290. The van der Waals surface area contributed by atoms with Gasteiger partial charge in [-0.25, -0.2) is 9.67 Å². The van der Waals surface area contributed by atoms with E-state index in [1.807, 2.05) is 48.5 Å². The number of fused-ring (bicyclic) bond motifs is 2. The van der Waals surface area contributed by atoms with Crippen molar-refractivity contribution >= 4 is 40.7 Å². The maximum atomic E-state index is 12.6. The van der Waals surface area contributed by atoms with Crippen molar-refractivity contribution in [2.75, 3.05) is 5.43 Å². The second-order valence-electron chi connectivity index (χ2n) is 6.53. The first-order chi connectivity index (χ1) is 14.7. The predicted molar refractivity (Wildman–Crippen MR) is 117 cm³/mol. The van der Waals surface area contributed by atoms with Crippen molar-refractivity contribution in [1.29, 1.82) is 0 Å². The maximum Gasteiger partial charge on any atom is 0.270 e. The lowest BCUT2D eigenvalue weighted by atomic mass is 10.0. The van der Waals surface area contributed by atoms with Crippen molar-refractivity contribution < 1.29 is 4.79 Å². The van der Waals surface area contributed by atoms with Crippen LogP contribution in [0, 0.1) is 0 Å². The first kappa shape index (κ1) is 18.6. The van der Waals surface area contributed by atoms with E-state index in [0.717, 1.165) is 26.6 Å². The quantitative estimate of drug-likeness (QED) is 0.438. The normalized spacial score (nSPS) is 12.4. The van der Waals surface area contributed by atoms with Gasteiger partial charge in [-0.2, -0.15) is 0 Å². The Hall–Kier alpha value is -3.42.